The van der Waals surface area contributed by atoms with Crippen LogP contribution in [0.15, 0.2) is 42.5 Å². The number of anilines is 1. The molecule has 168 valence electrons. The van der Waals surface area contributed by atoms with E-state index >= 15 is 0 Å². The Morgan fingerprint density at radius 3 is 2.61 bits per heavy atom. The Kier molecular flexibility index (Phi) is 7.66. The molecule has 0 aromatic heterocycles. The molecule has 10 heteroatoms. The Morgan fingerprint density at radius 1 is 1.19 bits per heavy atom. The number of carbonyl (C=O) groups is 1. The fourth-order valence-corrected chi connectivity index (χ4v) is 5.18. The van der Waals surface area contributed by atoms with Crippen molar-refractivity contribution in [2.24, 2.45) is 0 Å². The molecule has 1 N–H and O–H groups in total. The minimum atomic E-state index is -3.74. The molecular formula is C21H25FN2O5S2. The van der Waals surface area contributed by atoms with Crippen molar-refractivity contribution < 1.29 is 27.1 Å². The molecule has 0 spiro atoms. The third-order valence-corrected chi connectivity index (χ3v) is 6.88. The number of thioether (sulfide) groups is 1. The highest BCUT2D eigenvalue weighted by atomic mass is 32.2. The van der Waals surface area contributed by atoms with Crippen molar-refractivity contribution >= 4 is 33.4 Å². The molecule has 2 aromatic rings. The zero-order chi connectivity index (χ0) is 22.4. The van der Waals surface area contributed by atoms with Gasteiger partial charge in [-0.2, -0.15) is 11.8 Å². The number of nitrogens with zero attached hydrogens (tertiary/aromatic N) is 1. The molecule has 2 aromatic carbocycles. The summed E-state index contributed by atoms with van der Waals surface area (Å²) in [6, 6.07) is 10.4. The lowest BCUT2D eigenvalue weighted by Crippen LogP contribution is -2.48. The van der Waals surface area contributed by atoms with Crippen molar-refractivity contribution in [3.63, 3.8) is 0 Å². The van der Waals surface area contributed by atoms with Crippen molar-refractivity contribution in [2.75, 3.05) is 36.1 Å². The number of halogens is 1. The van der Waals surface area contributed by atoms with Crippen LogP contribution in [0.3, 0.4) is 0 Å². The molecule has 1 atom stereocenters. The Bertz CT molecular complexity index is 1030. The van der Waals surface area contributed by atoms with Gasteiger partial charge in [0, 0.05) is 24.1 Å². The third kappa shape index (κ3) is 6.04. The Hall–Kier alpha value is -2.46. The minimum absolute atomic E-state index is 0.254. The van der Waals surface area contributed by atoms with Crippen LogP contribution in [0.25, 0.3) is 0 Å². The normalized spacial score (nSPS) is 14.0. The van der Waals surface area contributed by atoms with Crippen LogP contribution in [0.1, 0.15) is 12.5 Å². The Balaban J connectivity index is 1.59. The number of benzene rings is 2. The van der Waals surface area contributed by atoms with E-state index in [0.29, 0.717) is 54.0 Å². The molecule has 0 saturated heterocycles. The van der Waals surface area contributed by atoms with Gasteiger partial charge in [-0.25, -0.2) is 12.8 Å². The first kappa shape index (κ1) is 23.2. The van der Waals surface area contributed by atoms with E-state index in [2.05, 4.69) is 5.32 Å². The summed E-state index contributed by atoms with van der Waals surface area (Å²) >= 11 is 1.48. The van der Waals surface area contributed by atoms with Gasteiger partial charge < -0.3 is 14.8 Å². The van der Waals surface area contributed by atoms with Gasteiger partial charge in [0.1, 0.15) is 25.1 Å². The second kappa shape index (κ2) is 10.2. The highest BCUT2D eigenvalue weighted by molar-refractivity contribution is 7.98. The van der Waals surface area contributed by atoms with Gasteiger partial charge in [-0.15, -0.1) is 0 Å². The number of carbonyl (C=O) groups excluding carboxylic acids is 1. The van der Waals surface area contributed by atoms with E-state index in [4.69, 9.17) is 9.47 Å². The second-order valence-electron chi connectivity index (χ2n) is 7.00. The first-order valence-electron chi connectivity index (χ1n) is 9.75. The largest absolute Gasteiger partial charge is 0.486 e. The maximum Gasteiger partial charge on any atom is 0.243 e. The van der Waals surface area contributed by atoms with Gasteiger partial charge in [-0.1, -0.05) is 18.2 Å². The number of sulfonamides is 1. The summed E-state index contributed by atoms with van der Waals surface area (Å²) in [7, 11) is -3.74. The van der Waals surface area contributed by atoms with Gasteiger partial charge in [-0.3, -0.25) is 9.10 Å². The van der Waals surface area contributed by atoms with Gasteiger partial charge in [0.25, 0.3) is 0 Å². The summed E-state index contributed by atoms with van der Waals surface area (Å²) in [5.74, 6) is 1.35. The summed E-state index contributed by atoms with van der Waals surface area (Å²) < 4.78 is 50.6. The zero-order valence-electron chi connectivity index (χ0n) is 17.3. The van der Waals surface area contributed by atoms with E-state index in [-0.39, 0.29) is 5.82 Å². The van der Waals surface area contributed by atoms with Crippen LogP contribution in [0.4, 0.5) is 10.1 Å². The lowest BCUT2D eigenvalue weighted by atomic mass is 10.2. The zero-order valence-corrected chi connectivity index (χ0v) is 19.0. The fraction of sp³-hybridized carbons (Fsp3) is 0.381. The van der Waals surface area contributed by atoms with Crippen LogP contribution in [0.2, 0.25) is 0 Å². The van der Waals surface area contributed by atoms with Crippen LogP contribution in [-0.2, 0) is 20.6 Å². The van der Waals surface area contributed by atoms with Crippen LogP contribution < -0.4 is 19.1 Å². The molecule has 0 unspecified atom stereocenters. The number of ether oxygens (including phenoxy) is 2. The molecule has 1 amide bonds. The fourth-order valence-electron chi connectivity index (χ4n) is 3.17. The molecule has 1 aliphatic rings. The first-order valence-corrected chi connectivity index (χ1v) is 12.8. The smallest absolute Gasteiger partial charge is 0.243 e. The number of rotatable bonds is 9. The quantitative estimate of drug-likeness (QED) is 0.570. The van der Waals surface area contributed by atoms with Gasteiger partial charge >= 0.3 is 0 Å². The van der Waals surface area contributed by atoms with Gasteiger partial charge in [0.15, 0.2) is 11.5 Å². The molecule has 1 aliphatic heterocycles. The van der Waals surface area contributed by atoms with Crippen molar-refractivity contribution in [1.82, 2.24) is 5.32 Å². The standard InChI is InChI=1S/C21H25FN2O5S2/c1-15(21(25)23-9-12-30-14-16-5-3-4-6-18(16)22)24(31(2,26)27)17-7-8-19-20(13-17)29-11-10-28-19/h3-8,13,15H,9-12,14H2,1-2H3,(H,23,25)/t15-/m1/s1. The molecule has 0 radical (unpaired) electrons. The molecule has 1 heterocycles. The molecule has 3 rings (SSSR count). The highest BCUT2D eigenvalue weighted by Crippen LogP contribution is 2.35. The van der Waals surface area contributed by atoms with E-state index in [9.17, 15) is 17.6 Å². The second-order valence-corrected chi connectivity index (χ2v) is 9.96. The third-order valence-electron chi connectivity index (χ3n) is 4.63. The lowest BCUT2D eigenvalue weighted by molar-refractivity contribution is -0.121. The van der Waals surface area contributed by atoms with E-state index < -0.39 is 22.0 Å². The number of fused-ring (bicyclic) bond motifs is 1. The van der Waals surface area contributed by atoms with Crippen molar-refractivity contribution in [2.45, 2.75) is 18.7 Å². The van der Waals surface area contributed by atoms with E-state index in [1.54, 1.807) is 36.4 Å². The minimum Gasteiger partial charge on any atom is -0.486 e. The van der Waals surface area contributed by atoms with Crippen molar-refractivity contribution in [3.8, 4) is 11.5 Å². The molecule has 31 heavy (non-hydrogen) atoms. The summed E-state index contributed by atoms with van der Waals surface area (Å²) in [6.45, 7) is 2.66. The van der Waals surface area contributed by atoms with E-state index in [0.717, 1.165) is 10.6 Å². The summed E-state index contributed by atoms with van der Waals surface area (Å²) in [4.78, 5) is 12.6. The van der Waals surface area contributed by atoms with Crippen molar-refractivity contribution in [3.05, 3.63) is 53.8 Å². The van der Waals surface area contributed by atoms with Crippen LogP contribution >= 0.6 is 11.8 Å². The van der Waals surface area contributed by atoms with Crippen LogP contribution in [0.5, 0.6) is 11.5 Å². The van der Waals surface area contributed by atoms with E-state index in [1.807, 2.05) is 0 Å². The molecule has 0 bridgehead atoms. The number of hydrogen-bond donors (Lipinski definition) is 1. The SMILES string of the molecule is C[C@H](C(=O)NCCSCc1ccccc1F)N(c1ccc2c(c1)OCCO2)S(C)(=O)=O. The predicted molar refractivity (Wildman–Crippen MR) is 120 cm³/mol. The maximum atomic E-state index is 13.6. The topological polar surface area (TPSA) is 84.9 Å². The maximum absolute atomic E-state index is 13.6. The summed E-state index contributed by atoms with van der Waals surface area (Å²) in [6.07, 6.45) is 1.05. The molecule has 0 fully saturated rings. The Morgan fingerprint density at radius 2 is 1.90 bits per heavy atom. The lowest BCUT2D eigenvalue weighted by Gasteiger charge is -2.29. The molecule has 0 saturated carbocycles. The number of hydrogen-bond acceptors (Lipinski definition) is 6. The van der Waals surface area contributed by atoms with Gasteiger partial charge in [0.05, 0.1) is 11.9 Å². The monoisotopic (exact) mass is 468 g/mol. The molecule has 7 nitrogen and oxygen atoms in total. The molecular weight excluding hydrogens is 443 g/mol. The van der Waals surface area contributed by atoms with E-state index in [1.165, 1.54) is 24.8 Å². The summed E-state index contributed by atoms with van der Waals surface area (Å²) in [5.41, 5.74) is 0.928. The number of amides is 1. The number of nitrogens with one attached hydrogen (secondary N) is 1. The Labute approximate surface area is 186 Å². The average Bonchev–Trinajstić information content (AvgIpc) is 2.73. The highest BCUT2D eigenvalue weighted by Gasteiger charge is 2.30. The average molecular weight is 469 g/mol. The van der Waals surface area contributed by atoms with Crippen LogP contribution in [0, 0.1) is 5.82 Å². The van der Waals surface area contributed by atoms with Crippen molar-refractivity contribution in [1.29, 1.82) is 0 Å². The van der Waals surface area contributed by atoms with Crippen LogP contribution in [-0.4, -0.2) is 52.1 Å². The van der Waals surface area contributed by atoms with Gasteiger partial charge in [-0.05, 0) is 30.7 Å². The summed E-state index contributed by atoms with van der Waals surface area (Å²) in [5, 5.41) is 2.75. The first-order chi connectivity index (χ1) is 14.8. The van der Waals surface area contributed by atoms with Gasteiger partial charge in [0.2, 0.25) is 15.9 Å². The molecule has 0 aliphatic carbocycles. The predicted octanol–water partition coefficient (Wildman–Crippen LogP) is 2.80.